The second-order valence-electron chi connectivity index (χ2n) is 6.70. The maximum atomic E-state index is 14.0. The highest BCUT2D eigenvalue weighted by molar-refractivity contribution is 5.20. The third-order valence-corrected chi connectivity index (χ3v) is 5.07. The number of halogens is 1. The van der Waals surface area contributed by atoms with Crippen LogP contribution in [0.4, 0.5) is 4.39 Å². The predicted molar refractivity (Wildman–Crippen MR) is 86.9 cm³/mol. The summed E-state index contributed by atoms with van der Waals surface area (Å²) in [5.74, 6) is -0.0943. The molecule has 2 nitrogen and oxygen atoms in total. The summed E-state index contributed by atoms with van der Waals surface area (Å²) in [6, 6.07) is 7.26. The van der Waals surface area contributed by atoms with Crippen molar-refractivity contribution in [2.45, 2.75) is 45.1 Å². The highest BCUT2D eigenvalue weighted by Crippen LogP contribution is 2.38. The number of hydrogen-bond acceptors (Lipinski definition) is 2. The van der Waals surface area contributed by atoms with Gasteiger partial charge >= 0.3 is 0 Å². The van der Waals surface area contributed by atoms with Crippen molar-refractivity contribution >= 4 is 0 Å². The normalized spacial score (nSPS) is 19.7. The van der Waals surface area contributed by atoms with Gasteiger partial charge in [-0.05, 0) is 45.3 Å². The van der Waals surface area contributed by atoms with Gasteiger partial charge in [-0.15, -0.1) is 0 Å². The van der Waals surface area contributed by atoms with Gasteiger partial charge in [-0.1, -0.05) is 37.5 Å². The first kappa shape index (κ1) is 16.4. The summed E-state index contributed by atoms with van der Waals surface area (Å²) in [7, 11) is 4.17. The smallest absolute Gasteiger partial charge is 0.127 e. The molecule has 21 heavy (non-hydrogen) atoms. The number of nitrogens with zero attached hydrogens (tertiary/aromatic N) is 1. The standard InChI is InChI=1S/C18H29FN2/c1-15(16-9-5-6-10-17(16)19)21(3)14-18(13-20-2)11-7-4-8-12-18/h5-6,9-10,15,20H,4,7-8,11-14H2,1-3H3. The van der Waals surface area contributed by atoms with Gasteiger partial charge in [0.15, 0.2) is 0 Å². The lowest BCUT2D eigenvalue weighted by atomic mass is 9.73. The molecule has 3 heteroatoms. The van der Waals surface area contributed by atoms with E-state index in [-0.39, 0.29) is 11.9 Å². The fraction of sp³-hybridized carbons (Fsp3) is 0.667. The Morgan fingerprint density at radius 3 is 2.52 bits per heavy atom. The summed E-state index contributed by atoms with van der Waals surface area (Å²) in [4.78, 5) is 2.32. The second kappa shape index (κ2) is 7.37. The second-order valence-corrected chi connectivity index (χ2v) is 6.70. The van der Waals surface area contributed by atoms with Crippen LogP contribution < -0.4 is 5.32 Å². The molecule has 0 radical (unpaired) electrons. The van der Waals surface area contributed by atoms with Crippen LogP contribution in [0.2, 0.25) is 0 Å². The van der Waals surface area contributed by atoms with Crippen molar-refractivity contribution in [1.29, 1.82) is 0 Å². The zero-order valence-electron chi connectivity index (χ0n) is 13.7. The van der Waals surface area contributed by atoms with Crippen LogP contribution in [0.5, 0.6) is 0 Å². The van der Waals surface area contributed by atoms with E-state index in [9.17, 15) is 4.39 Å². The monoisotopic (exact) mass is 292 g/mol. The highest BCUT2D eigenvalue weighted by Gasteiger charge is 2.33. The molecule has 2 rings (SSSR count). The molecule has 1 aromatic rings. The van der Waals surface area contributed by atoms with Gasteiger partial charge in [0.05, 0.1) is 0 Å². The lowest BCUT2D eigenvalue weighted by Gasteiger charge is -2.42. The molecule has 0 spiro atoms. The van der Waals surface area contributed by atoms with E-state index in [0.717, 1.165) is 18.7 Å². The van der Waals surface area contributed by atoms with Crippen LogP contribution in [-0.4, -0.2) is 32.1 Å². The molecule has 1 aliphatic rings. The van der Waals surface area contributed by atoms with Crippen LogP contribution in [-0.2, 0) is 0 Å². The molecule has 1 unspecified atom stereocenters. The average molecular weight is 292 g/mol. The largest absolute Gasteiger partial charge is 0.319 e. The van der Waals surface area contributed by atoms with Crippen LogP contribution >= 0.6 is 0 Å². The maximum Gasteiger partial charge on any atom is 0.127 e. The van der Waals surface area contributed by atoms with Crippen molar-refractivity contribution in [1.82, 2.24) is 10.2 Å². The zero-order chi connectivity index (χ0) is 15.3. The molecule has 118 valence electrons. The first-order valence-electron chi connectivity index (χ1n) is 8.17. The molecule has 0 saturated heterocycles. The van der Waals surface area contributed by atoms with Crippen molar-refractivity contribution in [3.05, 3.63) is 35.6 Å². The lowest BCUT2D eigenvalue weighted by molar-refractivity contribution is 0.0979. The van der Waals surface area contributed by atoms with E-state index < -0.39 is 0 Å². The number of nitrogens with one attached hydrogen (secondary N) is 1. The number of rotatable bonds is 6. The molecule has 1 saturated carbocycles. The molecule has 1 aliphatic carbocycles. The van der Waals surface area contributed by atoms with Crippen molar-refractivity contribution < 1.29 is 4.39 Å². The predicted octanol–water partition coefficient (Wildman–Crippen LogP) is 3.99. The summed E-state index contributed by atoms with van der Waals surface area (Å²) in [6.45, 7) is 4.19. The molecule has 0 aromatic heterocycles. The molecule has 1 aromatic carbocycles. The van der Waals surface area contributed by atoms with Gasteiger partial charge in [0.2, 0.25) is 0 Å². The average Bonchev–Trinajstić information content (AvgIpc) is 2.48. The first-order chi connectivity index (χ1) is 10.1. The quantitative estimate of drug-likeness (QED) is 0.853. The summed E-state index contributed by atoms with van der Waals surface area (Å²) >= 11 is 0. The SMILES string of the molecule is CNCC1(CN(C)C(C)c2ccccc2F)CCCCC1. The Hall–Kier alpha value is -0.930. The molecule has 0 heterocycles. The fourth-order valence-corrected chi connectivity index (χ4v) is 3.78. The van der Waals surface area contributed by atoms with Crippen LogP contribution in [0.25, 0.3) is 0 Å². The Labute approximate surface area is 128 Å². The summed E-state index contributed by atoms with van der Waals surface area (Å²) in [5.41, 5.74) is 1.15. The molecule has 1 atom stereocenters. The third kappa shape index (κ3) is 4.04. The van der Waals surface area contributed by atoms with Crippen LogP contribution in [0.15, 0.2) is 24.3 Å². The van der Waals surface area contributed by atoms with E-state index >= 15 is 0 Å². The van der Waals surface area contributed by atoms with E-state index in [4.69, 9.17) is 0 Å². The molecule has 0 amide bonds. The van der Waals surface area contributed by atoms with Crippen molar-refractivity contribution in [3.8, 4) is 0 Å². The summed E-state index contributed by atoms with van der Waals surface area (Å²) < 4.78 is 14.0. The molecular weight excluding hydrogens is 263 g/mol. The Balaban J connectivity index is 2.08. The van der Waals surface area contributed by atoms with E-state index in [0.29, 0.717) is 5.41 Å². The van der Waals surface area contributed by atoms with Gasteiger partial charge in [0, 0.05) is 24.7 Å². The molecular formula is C18H29FN2. The molecule has 0 bridgehead atoms. The number of hydrogen-bond donors (Lipinski definition) is 1. The van der Waals surface area contributed by atoms with Gasteiger partial charge in [0.1, 0.15) is 5.82 Å². The third-order valence-electron chi connectivity index (χ3n) is 5.07. The van der Waals surface area contributed by atoms with Crippen LogP contribution in [0.3, 0.4) is 0 Å². The molecule has 0 aliphatic heterocycles. The van der Waals surface area contributed by atoms with Crippen LogP contribution in [0.1, 0.15) is 50.6 Å². The zero-order valence-corrected chi connectivity index (χ0v) is 13.7. The molecule has 1 N–H and O–H groups in total. The maximum absolute atomic E-state index is 14.0. The number of benzene rings is 1. The summed E-state index contributed by atoms with van der Waals surface area (Å²) in [6.07, 6.45) is 6.57. The van der Waals surface area contributed by atoms with Crippen molar-refractivity contribution in [2.75, 3.05) is 27.2 Å². The first-order valence-corrected chi connectivity index (χ1v) is 8.17. The van der Waals surface area contributed by atoms with E-state index in [1.165, 1.54) is 32.1 Å². The van der Waals surface area contributed by atoms with E-state index in [2.05, 4.69) is 24.2 Å². The summed E-state index contributed by atoms with van der Waals surface area (Å²) in [5, 5.41) is 3.37. The highest BCUT2D eigenvalue weighted by atomic mass is 19.1. The van der Waals surface area contributed by atoms with Gasteiger partial charge in [-0.25, -0.2) is 4.39 Å². The van der Waals surface area contributed by atoms with E-state index in [1.807, 2.05) is 19.2 Å². The Morgan fingerprint density at radius 1 is 1.24 bits per heavy atom. The van der Waals surface area contributed by atoms with Gasteiger partial charge < -0.3 is 5.32 Å². The minimum absolute atomic E-state index is 0.0943. The minimum Gasteiger partial charge on any atom is -0.319 e. The van der Waals surface area contributed by atoms with E-state index in [1.54, 1.807) is 12.1 Å². The molecule has 1 fully saturated rings. The topological polar surface area (TPSA) is 15.3 Å². The Kier molecular flexibility index (Phi) is 5.77. The Bertz CT molecular complexity index is 435. The lowest BCUT2D eigenvalue weighted by Crippen LogP contribution is -2.44. The Morgan fingerprint density at radius 2 is 1.90 bits per heavy atom. The van der Waals surface area contributed by atoms with Gasteiger partial charge in [0.25, 0.3) is 0 Å². The van der Waals surface area contributed by atoms with Gasteiger partial charge in [-0.2, -0.15) is 0 Å². The van der Waals surface area contributed by atoms with Crippen LogP contribution in [0, 0.1) is 11.2 Å². The fourth-order valence-electron chi connectivity index (χ4n) is 3.78. The van der Waals surface area contributed by atoms with Gasteiger partial charge in [-0.3, -0.25) is 4.90 Å². The van der Waals surface area contributed by atoms with Crippen molar-refractivity contribution in [2.24, 2.45) is 5.41 Å². The van der Waals surface area contributed by atoms with Crippen molar-refractivity contribution in [3.63, 3.8) is 0 Å². The minimum atomic E-state index is -0.0943.